The molecule has 6 heteroatoms. The van der Waals surface area contributed by atoms with E-state index in [0.717, 1.165) is 67.6 Å². The maximum atomic E-state index is 11.6. The van der Waals surface area contributed by atoms with E-state index in [1.807, 2.05) is 30.3 Å². The van der Waals surface area contributed by atoms with Gasteiger partial charge in [0.15, 0.2) is 0 Å². The van der Waals surface area contributed by atoms with Crippen molar-refractivity contribution < 1.29 is 24.5 Å². The van der Waals surface area contributed by atoms with Crippen LogP contribution in [-0.4, -0.2) is 40.1 Å². The van der Waals surface area contributed by atoms with Crippen molar-refractivity contribution in [3.8, 4) is 5.75 Å². The fourth-order valence-corrected chi connectivity index (χ4v) is 5.72. The van der Waals surface area contributed by atoms with Crippen molar-refractivity contribution in [3.63, 3.8) is 0 Å². The molecular formula is C35H43NO5. The number of aromatic carboxylic acids is 1. The van der Waals surface area contributed by atoms with Crippen molar-refractivity contribution >= 4 is 11.9 Å². The summed E-state index contributed by atoms with van der Waals surface area (Å²) < 4.78 is 6.35. The highest BCUT2D eigenvalue weighted by Crippen LogP contribution is 2.36. The topological polar surface area (TPSA) is 87.1 Å². The van der Waals surface area contributed by atoms with Crippen LogP contribution in [0.3, 0.4) is 0 Å². The van der Waals surface area contributed by atoms with Gasteiger partial charge in [0, 0.05) is 19.0 Å². The zero-order valence-electron chi connectivity index (χ0n) is 24.6. The molecular weight excluding hydrogens is 514 g/mol. The summed E-state index contributed by atoms with van der Waals surface area (Å²) in [5, 5.41) is 18.6. The number of hydrogen-bond acceptors (Lipinski definition) is 4. The van der Waals surface area contributed by atoms with Crippen LogP contribution in [0.25, 0.3) is 0 Å². The van der Waals surface area contributed by atoms with Crippen LogP contribution in [-0.2, 0) is 29.7 Å². The summed E-state index contributed by atoms with van der Waals surface area (Å²) in [6, 6.07) is 22.5. The van der Waals surface area contributed by atoms with Crippen molar-refractivity contribution in [3.05, 3.63) is 100 Å². The maximum Gasteiger partial charge on any atom is 0.335 e. The van der Waals surface area contributed by atoms with Crippen LogP contribution in [0.2, 0.25) is 0 Å². The minimum atomic E-state index is -0.901. The molecule has 1 atom stereocenters. The number of aliphatic carboxylic acids is 1. The summed E-state index contributed by atoms with van der Waals surface area (Å²) in [4.78, 5) is 25.1. The number of ether oxygens (including phenoxy) is 1. The Morgan fingerprint density at radius 3 is 2.51 bits per heavy atom. The second-order valence-corrected chi connectivity index (χ2v) is 12.1. The van der Waals surface area contributed by atoms with Gasteiger partial charge in [-0.2, -0.15) is 0 Å². The van der Waals surface area contributed by atoms with Gasteiger partial charge in [0.05, 0.1) is 5.56 Å². The van der Waals surface area contributed by atoms with Gasteiger partial charge in [0.25, 0.3) is 0 Å². The van der Waals surface area contributed by atoms with Gasteiger partial charge in [-0.05, 0) is 96.5 Å². The predicted molar refractivity (Wildman–Crippen MR) is 162 cm³/mol. The van der Waals surface area contributed by atoms with Gasteiger partial charge < -0.3 is 14.9 Å². The number of aryl methyl sites for hydroxylation is 1. The molecule has 3 aromatic carbocycles. The number of carboxylic acids is 2. The van der Waals surface area contributed by atoms with Crippen LogP contribution in [0.4, 0.5) is 0 Å². The standard InChI is InChI=1S/C35H43NO5/c1-35(2,3)29-13-8-10-25(22-29)24-41-32-15-5-4-11-26(32)19-21-36(20-7-6-16-33(37)38)31-14-9-12-27-23-28(34(39)40)17-18-30(27)31/h4-5,8,10-11,13,15,17-18,22-23,31H,6-7,9,12,14,16,19-21,24H2,1-3H3,(H,37,38)(H,39,40)/t31-/m0/s1. The number of fused-ring (bicyclic) bond motifs is 1. The molecule has 3 aromatic rings. The van der Waals surface area contributed by atoms with Crippen LogP contribution >= 0.6 is 0 Å². The maximum absolute atomic E-state index is 11.6. The predicted octanol–water partition coefficient (Wildman–Crippen LogP) is 7.44. The van der Waals surface area contributed by atoms with Gasteiger partial charge in [-0.15, -0.1) is 0 Å². The first-order chi connectivity index (χ1) is 19.6. The molecule has 0 radical (unpaired) electrons. The molecule has 41 heavy (non-hydrogen) atoms. The SMILES string of the molecule is CC(C)(C)c1cccc(COc2ccccc2CCN(CCCCC(=O)O)[C@H]2CCCc3cc(C(=O)O)ccc32)c1. The molecule has 6 nitrogen and oxygen atoms in total. The van der Waals surface area contributed by atoms with Crippen molar-refractivity contribution in [1.82, 2.24) is 4.90 Å². The molecule has 0 amide bonds. The molecule has 4 rings (SSSR count). The first kappa shape index (κ1) is 30.3. The average Bonchev–Trinajstić information content (AvgIpc) is 2.95. The highest BCUT2D eigenvalue weighted by molar-refractivity contribution is 5.88. The number of hydrogen-bond donors (Lipinski definition) is 2. The Hall–Kier alpha value is -3.64. The van der Waals surface area contributed by atoms with E-state index in [1.54, 1.807) is 6.07 Å². The molecule has 1 aliphatic carbocycles. The highest BCUT2D eigenvalue weighted by atomic mass is 16.5. The summed E-state index contributed by atoms with van der Waals surface area (Å²) in [6.45, 7) is 8.74. The molecule has 0 unspecified atom stereocenters. The molecule has 0 saturated heterocycles. The molecule has 2 N–H and O–H groups in total. The zero-order chi connectivity index (χ0) is 29.4. The summed E-state index contributed by atoms with van der Waals surface area (Å²) in [5.74, 6) is -0.781. The van der Waals surface area contributed by atoms with Crippen LogP contribution in [0, 0.1) is 0 Å². The monoisotopic (exact) mass is 557 g/mol. The molecule has 218 valence electrons. The molecule has 0 aromatic heterocycles. The Kier molecular flexibility index (Phi) is 10.2. The van der Waals surface area contributed by atoms with Crippen LogP contribution in [0.5, 0.6) is 5.75 Å². The summed E-state index contributed by atoms with van der Waals surface area (Å²) >= 11 is 0. The largest absolute Gasteiger partial charge is 0.489 e. The second kappa shape index (κ2) is 13.8. The van der Waals surface area contributed by atoms with Crippen molar-refractivity contribution in [2.75, 3.05) is 13.1 Å². The van der Waals surface area contributed by atoms with Gasteiger partial charge in [0.1, 0.15) is 12.4 Å². The van der Waals surface area contributed by atoms with E-state index in [9.17, 15) is 14.7 Å². The Morgan fingerprint density at radius 1 is 0.951 bits per heavy atom. The molecule has 0 bridgehead atoms. The number of rotatable bonds is 13. The smallest absolute Gasteiger partial charge is 0.335 e. The van der Waals surface area contributed by atoms with E-state index >= 15 is 0 Å². The molecule has 1 aliphatic rings. The van der Waals surface area contributed by atoms with Crippen LogP contribution in [0.15, 0.2) is 66.7 Å². The highest BCUT2D eigenvalue weighted by Gasteiger charge is 2.27. The van der Waals surface area contributed by atoms with Crippen LogP contribution in [0.1, 0.15) is 97.1 Å². The van der Waals surface area contributed by atoms with Gasteiger partial charge in [-0.1, -0.05) is 69.3 Å². The lowest BCUT2D eigenvalue weighted by Crippen LogP contribution is -2.34. The van der Waals surface area contributed by atoms with E-state index < -0.39 is 11.9 Å². The third-order valence-corrected chi connectivity index (χ3v) is 8.03. The number of nitrogens with zero attached hydrogens (tertiary/aromatic N) is 1. The Labute approximate surface area is 244 Å². The first-order valence-electron chi connectivity index (χ1n) is 14.7. The molecule has 0 saturated carbocycles. The van der Waals surface area contributed by atoms with E-state index in [-0.39, 0.29) is 17.9 Å². The summed E-state index contributed by atoms with van der Waals surface area (Å²) in [5.41, 5.74) is 6.29. The first-order valence-corrected chi connectivity index (χ1v) is 14.7. The number of benzene rings is 3. The van der Waals surface area contributed by atoms with Gasteiger partial charge in [0.2, 0.25) is 0 Å². The number of carboxylic acid groups (broad SMARTS) is 2. The van der Waals surface area contributed by atoms with Gasteiger partial charge in [-0.3, -0.25) is 9.69 Å². The number of carbonyl (C=O) groups is 2. The van der Waals surface area contributed by atoms with Crippen molar-refractivity contribution in [2.24, 2.45) is 0 Å². The Morgan fingerprint density at radius 2 is 1.76 bits per heavy atom. The molecule has 0 fully saturated rings. The third-order valence-electron chi connectivity index (χ3n) is 8.03. The lowest BCUT2D eigenvalue weighted by molar-refractivity contribution is -0.137. The lowest BCUT2D eigenvalue weighted by atomic mass is 9.85. The van der Waals surface area contributed by atoms with Crippen molar-refractivity contribution in [2.45, 2.75) is 83.8 Å². The minimum absolute atomic E-state index is 0.0781. The van der Waals surface area contributed by atoms with Gasteiger partial charge >= 0.3 is 11.9 Å². The quantitative estimate of drug-likeness (QED) is 0.212. The van der Waals surface area contributed by atoms with Crippen LogP contribution < -0.4 is 4.74 Å². The average molecular weight is 558 g/mol. The minimum Gasteiger partial charge on any atom is -0.489 e. The summed E-state index contributed by atoms with van der Waals surface area (Å²) in [7, 11) is 0. The lowest BCUT2D eigenvalue weighted by Gasteiger charge is -2.36. The zero-order valence-corrected chi connectivity index (χ0v) is 24.6. The van der Waals surface area contributed by atoms with E-state index in [0.29, 0.717) is 18.6 Å². The summed E-state index contributed by atoms with van der Waals surface area (Å²) in [6.07, 6.45) is 5.29. The molecule has 0 aliphatic heterocycles. The van der Waals surface area contributed by atoms with E-state index in [2.05, 4.69) is 56.0 Å². The van der Waals surface area contributed by atoms with Gasteiger partial charge in [-0.25, -0.2) is 4.79 Å². The Balaban J connectivity index is 1.49. The normalized spacial score (nSPS) is 15.0. The third kappa shape index (κ3) is 8.43. The fourth-order valence-electron chi connectivity index (χ4n) is 5.72. The number of unbranched alkanes of at least 4 members (excludes halogenated alkanes) is 1. The number of para-hydroxylation sites is 1. The molecule has 0 spiro atoms. The molecule has 0 heterocycles. The van der Waals surface area contributed by atoms with E-state index in [4.69, 9.17) is 9.84 Å². The fraction of sp³-hybridized carbons (Fsp3) is 0.429. The second-order valence-electron chi connectivity index (χ2n) is 12.1. The Bertz CT molecular complexity index is 1340. The van der Waals surface area contributed by atoms with E-state index in [1.165, 1.54) is 11.1 Å². The van der Waals surface area contributed by atoms with Crippen molar-refractivity contribution in [1.29, 1.82) is 0 Å².